The Morgan fingerprint density at radius 3 is 2.68 bits per heavy atom. The number of aromatic nitrogens is 1. The highest BCUT2D eigenvalue weighted by atomic mass is 16.5. The SMILES string of the molecule is Cc1nc(N)ccc1NC(=O)COc1ccccc1. The largest absolute Gasteiger partial charge is 0.484 e. The quantitative estimate of drug-likeness (QED) is 0.878. The fourth-order valence-corrected chi connectivity index (χ4v) is 1.56. The van der Waals surface area contributed by atoms with E-state index < -0.39 is 0 Å². The second kappa shape index (κ2) is 5.86. The van der Waals surface area contributed by atoms with Gasteiger partial charge >= 0.3 is 0 Å². The lowest BCUT2D eigenvalue weighted by atomic mass is 10.3. The number of rotatable bonds is 4. The summed E-state index contributed by atoms with van der Waals surface area (Å²) in [6.45, 7) is 1.73. The molecule has 5 nitrogen and oxygen atoms in total. The highest BCUT2D eigenvalue weighted by Gasteiger charge is 2.06. The predicted octanol–water partition coefficient (Wildman–Crippen LogP) is 1.99. The lowest BCUT2D eigenvalue weighted by molar-refractivity contribution is -0.118. The summed E-state index contributed by atoms with van der Waals surface area (Å²) >= 11 is 0. The number of para-hydroxylation sites is 1. The first kappa shape index (κ1) is 12.9. The number of hydrogen-bond acceptors (Lipinski definition) is 4. The lowest BCUT2D eigenvalue weighted by Gasteiger charge is -2.09. The van der Waals surface area contributed by atoms with Crippen LogP contribution in [0.25, 0.3) is 0 Å². The van der Waals surface area contributed by atoms with E-state index in [2.05, 4.69) is 10.3 Å². The van der Waals surface area contributed by atoms with E-state index in [4.69, 9.17) is 10.5 Å². The zero-order chi connectivity index (χ0) is 13.7. The van der Waals surface area contributed by atoms with E-state index in [1.807, 2.05) is 18.2 Å². The zero-order valence-corrected chi connectivity index (χ0v) is 10.6. The number of carbonyl (C=O) groups excluding carboxylic acids is 1. The van der Waals surface area contributed by atoms with Crippen LogP contribution in [0.3, 0.4) is 0 Å². The average Bonchev–Trinajstić information content (AvgIpc) is 2.41. The molecule has 1 aromatic heterocycles. The molecule has 1 aromatic carbocycles. The molecule has 0 radical (unpaired) electrons. The summed E-state index contributed by atoms with van der Waals surface area (Å²) in [5.74, 6) is 0.847. The smallest absolute Gasteiger partial charge is 0.262 e. The normalized spacial score (nSPS) is 9.95. The molecule has 0 spiro atoms. The topological polar surface area (TPSA) is 77.2 Å². The van der Waals surface area contributed by atoms with E-state index in [1.165, 1.54) is 0 Å². The number of nitrogen functional groups attached to an aromatic ring is 1. The summed E-state index contributed by atoms with van der Waals surface area (Å²) in [6.07, 6.45) is 0. The molecular weight excluding hydrogens is 242 g/mol. The summed E-state index contributed by atoms with van der Waals surface area (Å²) in [5.41, 5.74) is 6.85. The highest BCUT2D eigenvalue weighted by Crippen LogP contribution is 2.14. The number of hydrogen-bond donors (Lipinski definition) is 2. The van der Waals surface area contributed by atoms with E-state index in [1.54, 1.807) is 31.2 Å². The molecule has 0 fully saturated rings. The molecule has 0 unspecified atom stereocenters. The van der Waals surface area contributed by atoms with Crippen molar-refractivity contribution in [2.45, 2.75) is 6.92 Å². The van der Waals surface area contributed by atoms with Crippen LogP contribution in [-0.2, 0) is 4.79 Å². The van der Waals surface area contributed by atoms with Crippen molar-refractivity contribution >= 4 is 17.4 Å². The molecule has 19 heavy (non-hydrogen) atoms. The minimum atomic E-state index is -0.237. The van der Waals surface area contributed by atoms with Crippen LogP contribution in [0.15, 0.2) is 42.5 Å². The second-order valence-electron chi connectivity index (χ2n) is 4.02. The van der Waals surface area contributed by atoms with Gasteiger partial charge in [0.25, 0.3) is 5.91 Å². The minimum absolute atomic E-state index is 0.0478. The van der Waals surface area contributed by atoms with Crippen molar-refractivity contribution in [2.24, 2.45) is 0 Å². The number of amides is 1. The molecule has 3 N–H and O–H groups in total. The van der Waals surface area contributed by atoms with Gasteiger partial charge in [0.1, 0.15) is 11.6 Å². The number of aryl methyl sites for hydroxylation is 1. The van der Waals surface area contributed by atoms with Gasteiger partial charge in [-0.3, -0.25) is 4.79 Å². The van der Waals surface area contributed by atoms with E-state index in [0.717, 1.165) is 0 Å². The molecule has 2 rings (SSSR count). The Morgan fingerprint density at radius 2 is 2.00 bits per heavy atom. The molecule has 0 aliphatic rings. The molecule has 0 bridgehead atoms. The maximum absolute atomic E-state index is 11.7. The van der Waals surface area contributed by atoms with Crippen molar-refractivity contribution in [3.63, 3.8) is 0 Å². The molecule has 0 saturated carbocycles. The Kier molecular flexibility index (Phi) is 3.97. The van der Waals surface area contributed by atoms with Crippen LogP contribution in [0.5, 0.6) is 5.75 Å². The standard InChI is InChI=1S/C14H15N3O2/c1-10-12(7-8-13(15)16-10)17-14(18)9-19-11-5-3-2-4-6-11/h2-8H,9H2,1H3,(H2,15,16)(H,17,18). The van der Waals surface area contributed by atoms with E-state index in [-0.39, 0.29) is 12.5 Å². The van der Waals surface area contributed by atoms with Crippen LogP contribution in [0.1, 0.15) is 5.69 Å². The zero-order valence-electron chi connectivity index (χ0n) is 10.6. The molecule has 98 valence electrons. The Hall–Kier alpha value is -2.56. The third-order valence-corrected chi connectivity index (χ3v) is 2.49. The Bertz CT molecular complexity index is 570. The van der Waals surface area contributed by atoms with Crippen molar-refractivity contribution in [1.29, 1.82) is 0 Å². The van der Waals surface area contributed by atoms with Crippen LogP contribution in [0.4, 0.5) is 11.5 Å². The first-order valence-electron chi connectivity index (χ1n) is 5.86. The van der Waals surface area contributed by atoms with Crippen LogP contribution in [0, 0.1) is 6.92 Å². The van der Waals surface area contributed by atoms with Gasteiger partial charge in [-0.2, -0.15) is 0 Å². The van der Waals surface area contributed by atoms with Crippen molar-refractivity contribution < 1.29 is 9.53 Å². The van der Waals surface area contributed by atoms with Crippen molar-refractivity contribution in [3.05, 3.63) is 48.2 Å². The number of ether oxygens (including phenoxy) is 1. The van der Waals surface area contributed by atoms with Gasteiger partial charge in [-0.1, -0.05) is 18.2 Å². The summed E-state index contributed by atoms with van der Waals surface area (Å²) in [7, 11) is 0. The summed E-state index contributed by atoms with van der Waals surface area (Å²) < 4.78 is 5.35. The van der Waals surface area contributed by atoms with E-state index in [0.29, 0.717) is 22.9 Å². The van der Waals surface area contributed by atoms with Crippen LogP contribution < -0.4 is 15.8 Å². The molecule has 1 amide bonds. The maximum atomic E-state index is 11.7. The van der Waals surface area contributed by atoms with Gasteiger partial charge in [-0.15, -0.1) is 0 Å². The Morgan fingerprint density at radius 1 is 1.26 bits per heavy atom. The summed E-state index contributed by atoms with van der Waals surface area (Å²) in [4.78, 5) is 15.8. The van der Waals surface area contributed by atoms with Crippen LogP contribution >= 0.6 is 0 Å². The molecule has 1 heterocycles. The molecule has 0 saturated heterocycles. The van der Waals surface area contributed by atoms with E-state index >= 15 is 0 Å². The van der Waals surface area contributed by atoms with Crippen LogP contribution in [0.2, 0.25) is 0 Å². The summed E-state index contributed by atoms with van der Waals surface area (Å²) in [5, 5.41) is 2.73. The Labute approximate surface area is 111 Å². The molecule has 0 aliphatic carbocycles. The number of nitrogens with two attached hydrogens (primary N) is 1. The Balaban J connectivity index is 1.91. The number of nitrogens with zero attached hydrogens (tertiary/aromatic N) is 1. The number of pyridine rings is 1. The molecule has 0 atom stereocenters. The third-order valence-electron chi connectivity index (χ3n) is 2.49. The van der Waals surface area contributed by atoms with Gasteiger partial charge in [0.2, 0.25) is 0 Å². The van der Waals surface area contributed by atoms with Gasteiger partial charge in [0.15, 0.2) is 6.61 Å². The third kappa shape index (κ3) is 3.70. The van der Waals surface area contributed by atoms with E-state index in [9.17, 15) is 4.79 Å². The minimum Gasteiger partial charge on any atom is -0.484 e. The van der Waals surface area contributed by atoms with Gasteiger partial charge in [-0.05, 0) is 31.2 Å². The first-order chi connectivity index (χ1) is 9.15. The average molecular weight is 257 g/mol. The fraction of sp³-hybridized carbons (Fsp3) is 0.143. The number of benzene rings is 1. The first-order valence-corrected chi connectivity index (χ1v) is 5.86. The summed E-state index contributed by atoms with van der Waals surface area (Å²) in [6, 6.07) is 12.5. The van der Waals surface area contributed by atoms with Gasteiger partial charge in [0.05, 0.1) is 11.4 Å². The van der Waals surface area contributed by atoms with Gasteiger partial charge in [-0.25, -0.2) is 4.98 Å². The predicted molar refractivity (Wildman–Crippen MR) is 74.0 cm³/mol. The monoisotopic (exact) mass is 257 g/mol. The lowest BCUT2D eigenvalue weighted by Crippen LogP contribution is -2.20. The highest BCUT2D eigenvalue weighted by molar-refractivity contribution is 5.92. The number of anilines is 2. The van der Waals surface area contributed by atoms with Crippen molar-refractivity contribution in [2.75, 3.05) is 17.7 Å². The van der Waals surface area contributed by atoms with Crippen molar-refractivity contribution in [1.82, 2.24) is 4.98 Å². The van der Waals surface area contributed by atoms with Gasteiger partial charge < -0.3 is 15.8 Å². The number of nitrogens with one attached hydrogen (secondary N) is 1. The van der Waals surface area contributed by atoms with Crippen molar-refractivity contribution in [3.8, 4) is 5.75 Å². The van der Waals surface area contributed by atoms with Gasteiger partial charge in [0, 0.05) is 0 Å². The molecule has 5 heteroatoms. The van der Waals surface area contributed by atoms with Crippen LogP contribution in [-0.4, -0.2) is 17.5 Å². The molecular formula is C14H15N3O2. The second-order valence-corrected chi connectivity index (χ2v) is 4.02. The fourth-order valence-electron chi connectivity index (χ4n) is 1.56. The molecule has 0 aliphatic heterocycles. The maximum Gasteiger partial charge on any atom is 0.262 e. The number of carbonyl (C=O) groups is 1. The molecule has 2 aromatic rings.